The zero-order valence-electron chi connectivity index (χ0n) is 16.9. The first-order valence-corrected chi connectivity index (χ1v) is 10.1. The topological polar surface area (TPSA) is 64.8 Å². The predicted octanol–water partition coefficient (Wildman–Crippen LogP) is 4.12. The number of amides is 1. The van der Waals surface area contributed by atoms with E-state index in [2.05, 4.69) is 47.2 Å². The Balaban J connectivity index is 1.56. The number of carbonyl (C=O) groups is 1. The molecule has 4 rings (SSSR count). The van der Waals surface area contributed by atoms with Crippen molar-refractivity contribution in [3.8, 4) is 11.4 Å². The average molecular weight is 367 g/mol. The molecule has 2 N–H and O–H groups in total. The third kappa shape index (κ3) is 3.35. The van der Waals surface area contributed by atoms with Crippen molar-refractivity contribution < 1.29 is 4.79 Å². The molecule has 1 atom stereocenters. The monoisotopic (exact) mass is 366 g/mol. The maximum Gasteiger partial charge on any atom is 0.222 e. The van der Waals surface area contributed by atoms with Crippen molar-refractivity contribution in [2.75, 3.05) is 7.05 Å². The number of fused-ring (bicyclic) bond motifs is 2. The fourth-order valence-electron chi connectivity index (χ4n) is 4.36. The summed E-state index contributed by atoms with van der Waals surface area (Å²) in [5.74, 6) is 0.214. The average Bonchev–Trinajstić information content (AvgIpc) is 3.22. The first kappa shape index (κ1) is 18.1. The summed E-state index contributed by atoms with van der Waals surface area (Å²) in [6.07, 6.45) is 9.94. The molecular weight excluding hydrogens is 336 g/mol. The van der Waals surface area contributed by atoms with E-state index < -0.39 is 0 Å². The molecule has 0 aliphatic heterocycles. The van der Waals surface area contributed by atoms with Gasteiger partial charge in [0.1, 0.15) is 5.69 Å². The van der Waals surface area contributed by atoms with Crippen molar-refractivity contribution in [3.63, 3.8) is 0 Å². The second kappa shape index (κ2) is 6.70. The standard InChI is InChI=1S/C22H30N4O/c1-5-6-20(27)26(4)15-8-7-14-11-18(23-17(14)12-15)21-16-9-10-22(2,3)13-19(16)24-25-21/h7-8,11,15,23H,5-6,9-10,12-13H2,1-4H3,(H,24,25). The van der Waals surface area contributed by atoms with Crippen LogP contribution in [0, 0.1) is 5.41 Å². The maximum atomic E-state index is 12.2. The number of aromatic amines is 2. The van der Waals surface area contributed by atoms with E-state index in [1.54, 1.807) is 0 Å². The molecule has 2 aromatic heterocycles. The van der Waals surface area contributed by atoms with Gasteiger partial charge in [-0.25, -0.2) is 0 Å². The van der Waals surface area contributed by atoms with Crippen molar-refractivity contribution in [2.24, 2.45) is 5.41 Å². The van der Waals surface area contributed by atoms with Gasteiger partial charge >= 0.3 is 0 Å². The number of H-pyrrole nitrogens is 2. The fraction of sp³-hybridized carbons (Fsp3) is 0.545. The SMILES string of the molecule is CCCC(=O)N(C)C1C=Cc2cc(-c3n[nH]c4c3CCC(C)(C)C4)[nH]c2C1. The van der Waals surface area contributed by atoms with Gasteiger partial charge in [0.25, 0.3) is 0 Å². The van der Waals surface area contributed by atoms with Gasteiger partial charge in [0, 0.05) is 36.8 Å². The minimum atomic E-state index is 0.122. The van der Waals surface area contributed by atoms with E-state index in [-0.39, 0.29) is 11.9 Å². The molecule has 0 saturated carbocycles. The summed E-state index contributed by atoms with van der Waals surface area (Å²) in [5.41, 5.74) is 7.56. The first-order valence-electron chi connectivity index (χ1n) is 10.1. The van der Waals surface area contributed by atoms with Crippen LogP contribution in [0.2, 0.25) is 0 Å². The number of hydrogen-bond donors (Lipinski definition) is 2. The summed E-state index contributed by atoms with van der Waals surface area (Å²) in [7, 11) is 1.91. The van der Waals surface area contributed by atoms with Gasteiger partial charge in [-0.1, -0.05) is 32.9 Å². The third-order valence-corrected chi connectivity index (χ3v) is 6.11. The molecule has 0 spiro atoms. The third-order valence-electron chi connectivity index (χ3n) is 6.11. The lowest BCUT2D eigenvalue weighted by Crippen LogP contribution is -2.38. The van der Waals surface area contributed by atoms with E-state index in [0.717, 1.165) is 37.1 Å². The Bertz CT molecular complexity index is 886. The number of nitrogens with one attached hydrogen (secondary N) is 2. The molecule has 2 aromatic rings. The smallest absolute Gasteiger partial charge is 0.222 e. The summed E-state index contributed by atoms with van der Waals surface area (Å²) in [6, 6.07) is 2.32. The van der Waals surface area contributed by atoms with Crippen LogP contribution in [0.1, 0.15) is 62.5 Å². The van der Waals surface area contributed by atoms with E-state index >= 15 is 0 Å². The minimum absolute atomic E-state index is 0.122. The number of carbonyl (C=O) groups excluding carboxylic acids is 1. The van der Waals surface area contributed by atoms with Crippen LogP contribution in [0.15, 0.2) is 12.1 Å². The highest BCUT2D eigenvalue weighted by atomic mass is 16.2. The Hall–Kier alpha value is -2.30. The van der Waals surface area contributed by atoms with Crippen LogP contribution in [0.25, 0.3) is 17.5 Å². The number of nitrogens with zero attached hydrogens (tertiary/aromatic N) is 2. The Kier molecular flexibility index (Phi) is 4.49. The molecule has 1 unspecified atom stereocenters. The summed E-state index contributed by atoms with van der Waals surface area (Å²) in [5, 5.41) is 7.91. The Labute approximate surface area is 161 Å². The Morgan fingerprint density at radius 3 is 2.96 bits per heavy atom. The van der Waals surface area contributed by atoms with Crippen LogP contribution in [0.5, 0.6) is 0 Å². The molecular formula is C22H30N4O. The molecule has 2 aliphatic carbocycles. The van der Waals surface area contributed by atoms with Crippen molar-refractivity contribution in [3.05, 3.63) is 34.7 Å². The van der Waals surface area contributed by atoms with Crippen molar-refractivity contribution in [1.29, 1.82) is 0 Å². The van der Waals surface area contributed by atoms with Crippen LogP contribution < -0.4 is 0 Å². The quantitative estimate of drug-likeness (QED) is 0.855. The molecule has 2 heterocycles. The van der Waals surface area contributed by atoms with Crippen molar-refractivity contribution in [2.45, 2.75) is 65.3 Å². The number of aromatic nitrogens is 3. The Morgan fingerprint density at radius 1 is 1.37 bits per heavy atom. The fourth-order valence-corrected chi connectivity index (χ4v) is 4.36. The van der Waals surface area contributed by atoms with Gasteiger partial charge in [-0.05, 0) is 42.7 Å². The largest absolute Gasteiger partial charge is 0.356 e. The lowest BCUT2D eigenvalue weighted by atomic mass is 9.76. The van der Waals surface area contributed by atoms with Gasteiger partial charge in [0.15, 0.2) is 0 Å². The summed E-state index contributed by atoms with van der Waals surface area (Å²) in [6.45, 7) is 6.69. The molecule has 144 valence electrons. The van der Waals surface area contributed by atoms with Gasteiger partial charge in [-0.3, -0.25) is 9.89 Å². The highest BCUT2D eigenvalue weighted by molar-refractivity contribution is 5.77. The summed E-state index contributed by atoms with van der Waals surface area (Å²) < 4.78 is 0. The molecule has 5 heteroatoms. The second-order valence-electron chi connectivity index (χ2n) is 8.87. The molecule has 1 amide bonds. The zero-order valence-corrected chi connectivity index (χ0v) is 16.9. The maximum absolute atomic E-state index is 12.2. The van der Waals surface area contributed by atoms with E-state index in [1.807, 2.05) is 18.9 Å². The van der Waals surface area contributed by atoms with Crippen LogP contribution in [-0.4, -0.2) is 39.1 Å². The summed E-state index contributed by atoms with van der Waals surface area (Å²) >= 11 is 0. The van der Waals surface area contributed by atoms with Crippen LogP contribution in [0.3, 0.4) is 0 Å². The predicted molar refractivity (Wildman–Crippen MR) is 108 cm³/mol. The van der Waals surface area contributed by atoms with E-state index in [9.17, 15) is 4.79 Å². The molecule has 27 heavy (non-hydrogen) atoms. The van der Waals surface area contributed by atoms with E-state index in [1.165, 1.54) is 28.9 Å². The molecule has 0 aromatic carbocycles. The first-order chi connectivity index (χ1) is 12.9. The molecule has 0 bridgehead atoms. The summed E-state index contributed by atoms with van der Waals surface area (Å²) in [4.78, 5) is 17.7. The van der Waals surface area contributed by atoms with E-state index in [0.29, 0.717) is 11.8 Å². The molecule has 0 radical (unpaired) electrons. The van der Waals surface area contributed by atoms with Gasteiger partial charge < -0.3 is 9.88 Å². The van der Waals surface area contributed by atoms with Crippen molar-refractivity contribution in [1.82, 2.24) is 20.1 Å². The molecule has 5 nitrogen and oxygen atoms in total. The van der Waals surface area contributed by atoms with Gasteiger partial charge in [-0.15, -0.1) is 0 Å². The highest BCUT2D eigenvalue weighted by Gasteiger charge is 2.30. The molecule has 2 aliphatic rings. The zero-order chi connectivity index (χ0) is 19.2. The van der Waals surface area contributed by atoms with Crippen LogP contribution in [-0.2, 0) is 24.1 Å². The number of likely N-dealkylation sites (N-methyl/N-ethyl adjacent to an activating group) is 1. The number of rotatable bonds is 4. The van der Waals surface area contributed by atoms with Gasteiger partial charge in [0.2, 0.25) is 5.91 Å². The van der Waals surface area contributed by atoms with Crippen molar-refractivity contribution >= 4 is 12.0 Å². The second-order valence-corrected chi connectivity index (χ2v) is 8.87. The van der Waals surface area contributed by atoms with Crippen LogP contribution >= 0.6 is 0 Å². The molecule has 0 saturated heterocycles. The highest BCUT2D eigenvalue weighted by Crippen LogP contribution is 2.38. The van der Waals surface area contributed by atoms with E-state index in [4.69, 9.17) is 0 Å². The van der Waals surface area contributed by atoms with Gasteiger partial charge in [-0.2, -0.15) is 5.10 Å². The Morgan fingerprint density at radius 2 is 2.19 bits per heavy atom. The number of hydrogen-bond acceptors (Lipinski definition) is 2. The van der Waals surface area contributed by atoms with Crippen LogP contribution in [0.4, 0.5) is 0 Å². The molecule has 0 fully saturated rings. The lowest BCUT2D eigenvalue weighted by Gasteiger charge is -2.29. The minimum Gasteiger partial charge on any atom is -0.356 e. The normalized spacial score (nSPS) is 20.2. The lowest BCUT2D eigenvalue weighted by molar-refractivity contribution is -0.131. The van der Waals surface area contributed by atoms with Gasteiger partial charge in [0.05, 0.1) is 11.7 Å².